The van der Waals surface area contributed by atoms with Crippen LogP contribution in [-0.4, -0.2) is 43.0 Å². The average molecular weight is 335 g/mol. The number of amides is 1. The summed E-state index contributed by atoms with van der Waals surface area (Å²) >= 11 is 5.75. The topological polar surface area (TPSA) is 79.7 Å². The summed E-state index contributed by atoms with van der Waals surface area (Å²) in [5.41, 5.74) is 1.56. The normalized spacial score (nSPS) is 10.7. The molecule has 0 aliphatic heterocycles. The number of rotatable bonds is 4. The third kappa shape index (κ3) is 3.21. The van der Waals surface area contributed by atoms with E-state index >= 15 is 0 Å². The number of aromatic amines is 1. The standard InChI is InChI=1S/C14H12ClFN6O/c1-21(14(23)13-4-5-17-19-13)7-9-8-22(20-18-9)10-2-3-12(16)11(15)6-10/h2-6,8H,7H2,1H3,(H,17,19). The van der Waals surface area contributed by atoms with Crippen LogP contribution in [0.5, 0.6) is 0 Å². The summed E-state index contributed by atoms with van der Waals surface area (Å²) in [7, 11) is 1.65. The molecule has 3 rings (SSSR count). The molecular formula is C14H12ClFN6O. The van der Waals surface area contributed by atoms with Crippen LogP contribution in [0, 0.1) is 5.82 Å². The summed E-state index contributed by atoms with van der Waals surface area (Å²) in [6, 6.07) is 5.84. The number of hydrogen-bond donors (Lipinski definition) is 1. The van der Waals surface area contributed by atoms with Crippen molar-refractivity contribution in [3.05, 3.63) is 58.9 Å². The molecule has 0 aliphatic carbocycles. The Kier molecular flexibility index (Phi) is 4.07. The molecule has 3 aromatic rings. The van der Waals surface area contributed by atoms with Crippen molar-refractivity contribution in [2.75, 3.05) is 7.05 Å². The van der Waals surface area contributed by atoms with Gasteiger partial charge in [0.1, 0.15) is 17.2 Å². The predicted molar refractivity (Wildman–Crippen MR) is 80.7 cm³/mol. The van der Waals surface area contributed by atoms with Crippen LogP contribution < -0.4 is 0 Å². The van der Waals surface area contributed by atoms with Crippen LogP contribution in [0.15, 0.2) is 36.7 Å². The van der Waals surface area contributed by atoms with E-state index in [2.05, 4.69) is 20.5 Å². The fraction of sp³-hybridized carbons (Fsp3) is 0.143. The molecule has 23 heavy (non-hydrogen) atoms. The maximum absolute atomic E-state index is 13.2. The fourth-order valence-corrected chi connectivity index (χ4v) is 2.19. The molecule has 2 heterocycles. The summed E-state index contributed by atoms with van der Waals surface area (Å²) in [5.74, 6) is -0.706. The van der Waals surface area contributed by atoms with Gasteiger partial charge in [0, 0.05) is 13.2 Å². The van der Waals surface area contributed by atoms with Crippen molar-refractivity contribution in [2.45, 2.75) is 6.54 Å². The molecule has 1 N–H and O–H groups in total. The third-order valence-corrected chi connectivity index (χ3v) is 3.48. The van der Waals surface area contributed by atoms with E-state index in [-0.39, 0.29) is 17.5 Å². The first kappa shape index (κ1) is 15.2. The van der Waals surface area contributed by atoms with Gasteiger partial charge < -0.3 is 4.90 Å². The monoisotopic (exact) mass is 334 g/mol. The molecule has 0 unspecified atom stereocenters. The van der Waals surface area contributed by atoms with E-state index in [4.69, 9.17) is 11.6 Å². The first-order valence-electron chi connectivity index (χ1n) is 6.66. The summed E-state index contributed by atoms with van der Waals surface area (Å²) in [6.07, 6.45) is 3.16. The molecule has 0 atom stereocenters. The number of aromatic nitrogens is 5. The SMILES string of the molecule is CN(Cc1cn(-c2ccc(F)c(Cl)c2)nn1)C(=O)c1ccn[nH]1. The minimum absolute atomic E-state index is 0.00564. The lowest BCUT2D eigenvalue weighted by molar-refractivity contribution is 0.0777. The van der Waals surface area contributed by atoms with Crippen molar-refractivity contribution in [2.24, 2.45) is 0 Å². The molecule has 1 amide bonds. The van der Waals surface area contributed by atoms with Gasteiger partial charge >= 0.3 is 0 Å². The molecule has 0 fully saturated rings. The second-order valence-corrected chi connectivity index (χ2v) is 5.29. The second kappa shape index (κ2) is 6.17. The molecule has 0 radical (unpaired) electrons. The number of H-pyrrole nitrogens is 1. The smallest absolute Gasteiger partial charge is 0.271 e. The van der Waals surface area contributed by atoms with Gasteiger partial charge in [-0.3, -0.25) is 9.89 Å². The van der Waals surface area contributed by atoms with Gasteiger partial charge in [-0.1, -0.05) is 16.8 Å². The molecule has 118 valence electrons. The van der Waals surface area contributed by atoms with Crippen LogP contribution in [0.25, 0.3) is 5.69 Å². The zero-order valence-electron chi connectivity index (χ0n) is 12.1. The molecule has 0 saturated heterocycles. The number of halogens is 2. The zero-order chi connectivity index (χ0) is 16.4. The molecule has 0 spiro atoms. The fourth-order valence-electron chi connectivity index (χ4n) is 2.02. The predicted octanol–water partition coefficient (Wildman–Crippen LogP) is 2.06. The number of nitrogens with zero attached hydrogens (tertiary/aromatic N) is 5. The Bertz CT molecular complexity index is 832. The molecule has 1 aromatic carbocycles. The lowest BCUT2D eigenvalue weighted by Gasteiger charge is -2.13. The zero-order valence-corrected chi connectivity index (χ0v) is 12.8. The van der Waals surface area contributed by atoms with Gasteiger partial charge in [-0.2, -0.15) is 5.10 Å². The minimum Gasteiger partial charge on any atom is -0.334 e. The Labute approximate surface area is 135 Å². The Balaban J connectivity index is 1.74. The van der Waals surface area contributed by atoms with Gasteiger partial charge in [0.05, 0.1) is 23.5 Å². The summed E-state index contributed by atoms with van der Waals surface area (Å²) in [6.45, 7) is 0.271. The van der Waals surface area contributed by atoms with Crippen LogP contribution in [0.2, 0.25) is 5.02 Å². The van der Waals surface area contributed by atoms with E-state index in [1.807, 2.05) is 0 Å². The van der Waals surface area contributed by atoms with Crippen LogP contribution in [0.3, 0.4) is 0 Å². The number of nitrogens with one attached hydrogen (secondary N) is 1. The van der Waals surface area contributed by atoms with Gasteiger partial charge in [-0.05, 0) is 24.3 Å². The molecule has 2 aromatic heterocycles. The molecule has 0 saturated carbocycles. The van der Waals surface area contributed by atoms with Crippen LogP contribution in [-0.2, 0) is 6.54 Å². The maximum Gasteiger partial charge on any atom is 0.271 e. The largest absolute Gasteiger partial charge is 0.334 e. The van der Waals surface area contributed by atoms with Gasteiger partial charge in [0.2, 0.25) is 0 Å². The molecule has 7 nitrogen and oxygen atoms in total. The highest BCUT2D eigenvalue weighted by molar-refractivity contribution is 6.30. The Morgan fingerprint density at radius 1 is 1.43 bits per heavy atom. The first-order chi connectivity index (χ1) is 11.0. The van der Waals surface area contributed by atoms with Crippen molar-refractivity contribution in [3.63, 3.8) is 0 Å². The van der Waals surface area contributed by atoms with Crippen molar-refractivity contribution < 1.29 is 9.18 Å². The number of hydrogen-bond acceptors (Lipinski definition) is 4. The Hall–Kier alpha value is -2.74. The van der Waals surface area contributed by atoms with E-state index in [0.29, 0.717) is 17.1 Å². The van der Waals surface area contributed by atoms with Crippen molar-refractivity contribution in [1.82, 2.24) is 30.1 Å². The van der Waals surface area contributed by atoms with E-state index in [1.165, 1.54) is 27.9 Å². The third-order valence-electron chi connectivity index (χ3n) is 3.19. The van der Waals surface area contributed by atoms with Crippen LogP contribution in [0.4, 0.5) is 4.39 Å². The molecular weight excluding hydrogens is 323 g/mol. The average Bonchev–Trinajstić information content (AvgIpc) is 3.20. The number of carbonyl (C=O) groups is 1. The maximum atomic E-state index is 13.2. The van der Waals surface area contributed by atoms with Gasteiger partial charge in [0.15, 0.2) is 0 Å². The van der Waals surface area contributed by atoms with Crippen molar-refractivity contribution >= 4 is 17.5 Å². The Morgan fingerprint density at radius 2 is 2.26 bits per heavy atom. The number of benzene rings is 1. The minimum atomic E-state index is -0.499. The molecule has 9 heteroatoms. The van der Waals surface area contributed by atoms with Gasteiger partial charge in [-0.25, -0.2) is 9.07 Å². The first-order valence-corrected chi connectivity index (χ1v) is 7.04. The van der Waals surface area contributed by atoms with E-state index in [9.17, 15) is 9.18 Å². The lowest BCUT2D eigenvalue weighted by Crippen LogP contribution is -2.26. The molecule has 0 bridgehead atoms. The van der Waals surface area contributed by atoms with E-state index in [1.54, 1.807) is 25.4 Å². The van der Waals surface area contributed by atoms with Crippen LogP contribution >= 0.6 is 11.6 Å². The number of carbonyl (C=O) groups excluding carboxylic acids is 1. The van der Waals surface area contributed by atoms with E-state index < -0.39 is 5.82 Å². The van der Waals surface area contributed by atoms with Gasteiger partial charge in [0.25, 0.3) is 5.91 Å². The highest BCUT2D eigenvalue weighted by atomic mass is 35.5. The van der Waals surface area contributed by atoms with Crippen molar-refractivity contribution in [3.8, 4) is 5.69 Å². The summed E-state index contributed by atoms with van der Waals surface area (Å²) < 4.78 is 14.7. The van der Waals surface area contributed by atoms with E-state index in [0.717, 1.165) is 0 Å². The second-order valence-electron chi connectivity index (χ2n) is 4.88. The Morgan fingerprint density at radius 3 is 2.96 bits per heavy atom. The summed E-state index contributed by atoms with van der Waals surface area (Å²) in [4.78, 5) is 13.6. The van der Waals surface area contributed by atoms with Crippen molar-refractivity contribution in [1.29, 1.82) is 0 Å². The lowest BCUT2D eigenvalue weighted by atomic mass is 10.3. The highest BCUT2D eigenvalue weighted by Crippen LogP contribution is 2.18. The van der Waals surface area contributed by atoms with Crippen LogP contribution in [0.1, 0.15) is 16.2 Å². The quantitative estimate of drug-likeness (QED) is 0.792. The van der Waals surface area contributed by atoms with Gasteiger partial charge in [-0.15, -0.1) is 5.10 Å². The highest BCUT2D eigenvalue weighted by Gasteiger charge is 2.15. The summed E-state index contributed by atoms with van der Waals surface area (Å²) in [5, 5.41) is 14.3. The molecule has 0 aliphatic rings.